The zero-order valence-corrected chi connectivity index (χ0v) is 14.0. The van der Waals surface area contributed by atoms with E-state index >= 15 is 0 Å². The van der Waals surface area contributed by atoms with Crippen molar-refractivity contribution >= 4 is 21.8 Å². The predicted molar refractivity (Wildman–Crippen MR) is 84.6 cm³/mol. The van der Waals surface area contributed by atoms with Gasteiger partial charge < -0.3 is 5.32 Å². The maximum absolute atomic E-state index is 12.8. The lowest BCUT2D eigenvalue weighted by Crippen LogP contribution is -2.69. The third-order valence-electron chi connectivity index (χ3n) is 6.27. The molecule has 0 aromatic heterocycles. The van der Waals surface area contributed by atoms with Crippen LogP contribution in [0.25, 0.3) is 0 Å². The molecule has 0 aliphatic heterocycles. The second-order valence-corrected chi connectivity index (χ2v) is 7.96. The Hall–Kier alpha value is -0.830. The van der Waals surface area contributed by atoms with E-state index < -0.39 is 0 Å². The van der Waals surface area contributed by atoms with E-state index in [4.69, 9.17) is 0 Å². The molecule has 0 saturated heterocycles. The van der Waals surface area contributed by atoms with Crippen LogP contribution in [-0.2, 0) is 11.3 Å². The van der Waals surface area contributed by atoms with Crippen LogP contribution in [0.15, 0.2) is 30.3 Å². The van der Waals surface area contributed by atoms with Crippen molar-refractivity contribution in [1.29, 1.82) is 0 Å². The maximum Gasteiger partial charge on any atom is 0.228 e. The summed E-state index contributed by atoms with van der Waals surface area (Å²) in [6, 6.07) is 10.1. The Labute approximate surface area is 129 Å². The van der Waals surface area contributed by atoms with Crippen LogP contribution in [0.4, 0.5) is 0 Å². The molecule has 3 aliphatic rings. The molecule has 2 bridgehead atoms. The molecular weight excluding hydrogens is 314 g/mol. The molecule has 0 heterocycles. The van der Waals surface area contributed by atoms with Crippen molar-refractivity contribution in [3.05, 3.63) is 35.9 Å². The number of amides is 1. The van der Waals surface area contributed by atoms with Gasteiger partial charge in [-0.1, -0.05) is 67.0 Å². The van der Waals surface area contributed by atoms with Crippen LogP contribution in [0, 0.1) is 16.2 Å². The summed E-state index contributed by atoms with van der Waals surface area (Å²) >= 11 is 3.81. The fraction of sp³-hybridized carbons (Fsp3) is 0.588. The molecule has 2 nitrogen and oxygen atoms in total. The smallest absolute Gasteiger partial charge is 0.228 e. The minimum Gasteiger partial charge on any atom is -0.351 e. The Kier molecular flexibility index (Phi) is 3.06. The van der Waals surface area contributed by atoms with Crippen LogP contribution in [-0.4, -0.2) is 10.7 Å². The van der Waals surface area contributed by atoms with Crippen molar-refractivity contribution in [2.75, 3.05) is 0 Å². The van der Waals surface area contributed by atoms with Gasteiger partial charge in [-0.15, -0.1) is 0 Å². The zero-order valence-electron chi connectivity index (χ0n) is 12.4. The third kappa shape index (κ3) is 1.47. The van der Waals surface area contributed by atoms with Crippen molar-refractivity contribution in [1.82, 2.24) is 5.32 Å². The summed E-state index contributed by atoms with van der Waals surface area (Å²) < 4.78 is 0. The van der Waals surface area contributed by atoms with Gasteiger partial charge >= 0.3 is 0 Å². The Morgan fingerprint density at radius 3 is 2.40 bits per heavy atom. The first-order valence-corrected chi connectivity index (χ1v) is 8.24. The van der Waals surface area contributed by atoms with E-state index in [0.717, 1.165) is 18.4 Å². The van der Waals surface area contributed by atoms with Crippen LogP contribution in [0.1, 0.15) is 39.2 Å². The van der Waals surface area contributed by atoms with Gasteiger partial charge in [-0.3, -0.25) is 4.79 Å². The van der Waals surface area contributed by atoms with Gasteiger partial charge in [-0.2, -0.15) is 0 Å². The van der Waals surface area contributed by atoms with Crippen molar-refractivity contribution in [3.63, 3.8) is 0 Å². The van der Waals surface area contributed by atoms with E-state index in [0.29, 0.717) is 11.4 Å². The van der Waals surface area contributed by atoms with E-state index in [1.54, 1.807) is 0 Å². The largest absolute Gasteiger partial charge is 0.351 e. The van der Waals surface area contributed by atoms with E-state index in [2.05, 4.69) is 42.0 Å². The Morgan fingerprint density at radius 2 is 1.90 bits per heavy atom. The molecule has 1 aromatic carbocycles. The lowest BCUT2D eigenvalue weighted by molar-refractivity contribution is -0.161. The summed E-state index contributed by atoms with van der Waals surface area (Å²) in [6.07, 6.45) is 2.13. The highest BCUT2D eigenvalue weighted by Gasteiger charge is 2.79. The first kappa shape index (κ1) is 14.1. The average molecular weight is 336 g/mol. The zero-order chi connectivity index (χ0) is 14.6. The van der Waals surface area contributed by atoms with E-state index in [9.17, 15) is 4.79 Å². The van der Waals surface area contributed by atoms with Crippen LogP contribution in [0.2, 0.25) is 0 Å². The summed E-state index contributed by atoms with van der Waals surface area (Å²) in [5.41, 5.74) is 1.23. The molecule has 1 amide bonds. The monoisotopic (exact) mass is 335 g/mol. The molecule has 3 fully saturated rings. The lowest BCUT2D eigenvalue weighted by atomic mass is 9.43. The normalized spacial score (nSPS) is 37.3. The van der Waals surface area contributed by atoms with Gasteiger partial charge in [0.15, 0.2) is 0 Å². The number of hydrogen-bond donors (Lipinski definition) is 1. The van der Waals surface area contributed by atoms with Crippen molar-refractivity contribution in [2.24, 2.45) is 16.2 Å². The van der Waals surface area contributed by atoms with Gasteiger partial charge in [-0.05, 0) is 29.2 Å². The van der Waals surface area contributed by atoms with Gasteiger partial charge in [0.25, 0.3) is 0 Å². The van der Waals surface area contributed by atoms with Gasteiger partial charge in [0, 0.05) is 11.4 Å². The highest BCUT2D eigenvalue weighted by atomic mass is 79.9. The van der Waals surface area contributed by atoms with E-state index in [1.165, 1.54) is 0 Å². The van der Waals surface area contributed by atoms with Gasteiger partial charge in [0.1, 0.15) is 0 Å². The highest BCUT2D eigenvalue weighted by Crippen LogP contribution is 2.79. The second-order valence-electron chi connectivity index (χ2n) is 7.04. The Bertz CT molecular complexity index is 541. The van der Waals surface area contributed by atoms with Crippen molar-refractivity contribution < 1.29 is 4.79 Å². The van der Waals surface area contributed by atoms with Crippen molar-refractivity contribution in [3.8, 4) is 0 Å². The fourth-order valence-electron chi connectivity index (χ4n) is 4.39. The van der Waals surface area contributed by atoms with Crippen LogP contribution in [0.3, 0.4) is 0 Å². The topological polar surface area (TPSA) is 29.1 Å². The number of alkyl halides is 1. The number of carbonyl (C=O) groups is 1. The van der Waals surface area contributed by atoms with Crippen LogP contribution in [0.5, 0.6) is 0 Å². The minimum atomic E-state index is -0.240. The standard InChI is InChI=1S/C17H22BrNO/c1-15(2)16(3)9-10-17(15,13(16)18)14(20)19-11-12-7-5-4-6-8-12/h4-8,13H,9-11H2,1-3H3,(H,19,20)/t13-,16+,17-/m0/s1. The first-order chi connectivity index (χ1) is 9.36. The minimum absolute atomic E-state index is 0.0644. The summed E-state index contributed by atoms with van der Waals surface area (Å²) in [5, 5.41) is 3.15. The van der Waals surface area contributed by atoms with E-state index in [1.807, 2.05) is 30.3 Å². The molecule has 0 radical (unpaired) electrons. The molecule has 1 N–H and O–H groups in total. The fourth-order valence-corrected chi connectivity index (χ4v) is 6.20. The highest BCUT2D eigenvalue weighted by molar-refractivity contribution is 9.09. The molecule has 3 aliphatic carbocycles. The quantitative estimate of drug-likeness (QED) is 0.834. The molecule has 20 heavy (non-hydrogen) atoms. The number of carbonyl (C=O) groups excluding carboxylic acids is 1. The molecule has 0 spiro atoms. The number of nitrogens with one attached hydrogen (secondary N) is 1. The molecule has 3 atom stereocenters. The second kappa shape index (κ2) is 4.33. The third-order valence-corrected chi connectivity index (χ3v) is 8.07. The SMILES string of the molecule is CC1(C)[C@]2(C)CC[C@@]1(C(=O)NCc1ccccc1)[C@H]2Br. The molecule has 3 saturated carbocycles. The number of halogens is 1. The van der Waals surface area contributed by atoms with Gasteiger partial charge in [0.05, 0.1) is 5.41 Å². The number of rotatable bonds is 3. The number of hydrogen-bond acceptors (Lipinski definition) is 1. The molecule has 1 aromatic rings. The van der Waals surface area contributed by atoms with Gasteiger partial charge in [0.2, 0.25) is 5.91 Å². The summed E-state index contributed by atoms with van der Waals surface area (Å²) in [7, 11) is 0. The lowest BCUT2D eigenvalue weighted by Gasteiger charge is -2.64. The summed E-state index contributed by atoms with van der Waals surface area (Å²) in [5.74, 6) is 0.211. The maximum atomic E-state index is 12.8. The predicted octanol–water partition coefficient (Wildman–Crippen LogP) is 3.89. The average Bonchev–Trinajstić information content (AvgIpc) is 2.85. The van der Waals surface area contributed by atoms with Crippen molar-refractivity contribution in [2.45, 2.75) is 45.0 Å². The molecule has 108 valence electrons. The van der Waals surface area contributed by atoms with Crippen LogP contribution >= 0.6 is 15.9 Å². The molecule has 4 rings (SSSR count). The number of fused-ring (bicyclic) bond motifs is 1. The first-order valence-electron chi connectivity index (χ1n) is 7.32. The molecular formula is C17H22BrNO. The Balaban J connectivity index is 1.75. The number of benzene rings is 1. The Morgan fingerprint density at radius 1 is 1.25 bits per heavy atom. The summed E-state index contributed by atoms with van der Waals surface area (Å²) in [4.78, 5) is 13.1. The van der Waals surface area contributed by atoms with E-state index in [-0.39, 0.29) is 22.2 Å². The molecule has 0 unspecified atom stereocenters. The van der Waals surface area contributed by atoms with Gasteiger partial charge in [-0.25, -0.2) is 0 Å². The van der Waals surface area contributed by atoms with Crippen LogP contribution < -0.4 is 5.32 Å². The summed E-state index contributed by atoms with van der Waals surface area (Å²) in [6.45, 7) is 7.43. The molecule has 3 heteroatoms.